The van der Waals surface area contributed by atoms with Gasteiger partial charge in [-0.15, -0.1) is 0 Å². The van der Waals surface area contributed by atoms with Crippen LogP contribution in [0.1, 0.15) is 23.1 Å². The van der Waals surface area contributed by atoms with E-state index in [0.29, 0.717) is 0 Å². The molecule has 82 valence electrons. The van der Waals surface area contributed by atoms with Crippen LogP contribution in [0.15, 0.2) is 6.07 Å². The van der Waals surface area contributed by atoms with Gasteiger partial charge in [0, 0.05) is 0 Å². The van der Waals surface area contributed by atoms with Crippen LogP contribution in [0.25, 0.3) is 0 Å². The van der Waals surface area contributed by atoms with E-state index in [-0.39, 0.29) is 34.6 Å². The lowest BCUT2D eigenvalue weighted by Crippen LogP contribution is -2.09. The Bertz CT molecular complexity index is 382. The van der Waals surface area contributed by atoms with Gasteiger partial charge in [0.1, 0.15) is 5.69 Å². The normalized spacial score (nSPS) is 10.1. The number of aliphatic hydroxyl groups excluding tert-OH is 1. The van der Waals surface area contributed by atoms with Crippen LogP contribution in [0.4, 0.5) is 0 Å². The summed E-state index contributed by atoms with van der Waals surface area (Å²) in [5.74, 6) is -0.592. The Hall–Kier alpha value is -0.840. The summed E-state index contributed by atoms with van der Waals surface area (Å²) in [5, 5.41) is 9.23. The average Bonchev–Trinajstić information content (AvgIpc) is 2.22. The highest BCUT2D eigenvalue weighted by Gasteiger charge is 2.14. The Balaban J connectivity index is 3.10. The van der Waals surface area contributed by atoms with Gasteiger partial charge in [0.25, 0.3) is 0 Å². The minimum absolute atomic E-state index is 0.0373. The molecular weight excluding hydrogens is 241 g/mol. The molecule has 15 heavy (non-hydrogen) atoms. The van der Waals surface area contributed by atoms with Gasteiger partial charge >= 0.3 is 5.97 Å². The van der Waals surface area contributed by atoms with Crippen molar-refractivity contribution in [1.29, 1.82) is 0 Å². The molecule has 1 N–H and O–H groups in total. The largest absolute Gasteiger partial charge is 0.461 e. The van der Waals surface area contributed by atoms with Gasteiger partial charge in [-0.25, -0.2) is 9.78 Å². The standard InChI is InChI=1S/C9H9Cl2NO3/c1-2-15-9(14)6-3-5(10)8(11)7(4-13)12-6/h3,13H,2,4H2,1H3. The maximum Gasteiger partial charge on any atom is 0.356 e. The Morgan fingerprint density at radius 2 is 2.27 bits per heavy atom. The lowest BCUT2D eigenvalue weighted by Gasteiger charge is -2.06. The first-order valence-corrected chi connectivity index (χ1v) is 4.98. The van der Waals surface area contributed by atoms with Crippen molar-refractivity contribution in [2.75, 3.05) is 6.61 Å². The zero-order valence-corrected chi connectivity index (χ0v) is 9.47. The van der Waals surface area contributed by atoms with Crippen LogP contribution in [0, 0.1) is 0 Å². The monoisotopic (exact) mass is 249 g/mol. The molecule has 1 aromatic heterocycles. The van der Waals surface area contributed by atoms with Crippen LogP contribution in [-0.4, -0.2) is 22.7 Å². The average molecular weight is 250 g/mol. The highest BCUT2D eigenvalue weighted by Crippen LogP contribution is 2.25. The van der Waals surface area contributed by atoms with E-state index in [4.69, 9.17) is 33.0 Å². The van der Waals surface area contributed by atoms with Crippen LogP contribution in [-0.2, 0) is 11.3 Å². The minimum atomic E-state index is -0.592. The number of esters is 1. The smallest absolute Gasteiger partial charge is 0.356 e. The molecule has 0 unspecified atom stereocenters. The number of pyridine rings is 1. The summed E-state index contributed by atoms with van der Waals surface area (Å²) in [6, 6.07) is 1.31. The van der Waals surface area contributed by atoms with Gasteiger partial charge in [0.2, 0.25) is 0 Å². The molecule has 0 bridgehead atoms. The van der Waals surface area contributed by atoms with Gasteiger partial charge < -0.3 is 9.84 Å². The molecule has 0 aliphatic rings. The van der Waals surface area contributed by atoms with Gasteiger partial charge in [0.05, 0.1) is 29.0 Å². The Morgan fingerprint density at radius 3 is 2.80 bits per heavy atom. The number of halogens is 2. The highest BCUT2D eigenvalue weighted by molar-refractivity contribution is 6.42. The van der Waals surface area contributed by atoms with Crippen molar-refractivity contribution in [3.05, 3.63) is 27.5 Å². The predicted octanol–water partition coefficient (Wildman–Crippen LogP) is 2.06. The lowest BCUT2D eigenvalue weighted by molar-refractivity contribution is 0.0519. The molecule has 0 saturated heterocycles. The van der Waals surface area contributed by atoms with Gasteiger partial charge in [-0.05, 0) is 13.0 Å². The van der Waals surface area contributed by atoms with Crippen molar-refractivity contribution in [2.45, 2.75) is 13.5 Å². The van der Waals surface area contributed by atoms with Crippen LogP contribution in [0.3, 0.4) is 0 Å². The van der Waals surface area contributed by atoms with Crippen molar-refractivity contribution in [2.24, 2.45) is 0 Å². The first-order chi connectivity index (χ1) is 7.10. The first kappa shape index (κ1) is 12.2. The third-order valence-electron chi connectivity index (χ3n) is 1.62. The fraction of sp³-hybridized carbons (Fsp3) is 0.333. The van der Waals surface area contributed by atoms with Crippen LogP contribution in [0.2, 0.25) is 10.0 Å². The molecule has 0 radical (unpaired) electrons. The highest BCUT2D eigenvalue weighted by atomic mass is 35.5. The molecule has 0 atom stereocenters. The topological polar surface area (TPSA) is 59.4 Å². The second-order valence-corrected chi connectivity index (χ2v) is 3.41. The molecule has 0 saturated carbocycles. The summed E-state index contributed by atoms with van der Waals surface area (Å²) in [6.07, 6.45) is 0. The van der Waals surface area contributed by atoms with E-state index in [1.54, 1.807) is 6.92 Å². The van der Waals surface area contributed by atoms with Crippen molar-refractivity contribution in [3.8, 4) is 0 Å². The molecule has 1 heterocycles. The number of ether oxygens (including phenoxy) is 1. The SMILES string of the molecule is CCOC(=O)c1cc(Cl)c(Cl)c(CO)n1. The maximum absolute atomic E-state index is 11.3. The number of nitrogens with zero attached hydrogens (tertiary/aromatic N) is 1. The number of carbonyl (C=O) groups is 1. The maximum atomic E-state index is 11.3. The molecule has 6 heteroatoms. The second-order valence-electron chi connectivity index (χ2n) is 2.63. The molecule has 1 rings (SSSR count). The fourth-order valence-electron chi connectivity index (χ4n) is 0.962. The van der Waals surface area contributed by atoms with Crippen LogP contribution in [0.5, 0.6) is 0 Å². The van der Waals surface area contributed by atoms with Crippen molar-refractivity contribution in [3.63, 3.8) is 0 Å². The molecule has 0 aromatic carbocycles. The zero-order valence-electron chi connectivity index (χ0n) is 7.96. The van der Waals surface area contributed by atoms with E-state index < -0.39 is 5.97 Å². The zero-order chi connectivity index (χ0) is 11.4. The van der Waals surface area contributed by atoms with Crippen molar-refractivity contribution in [1.82, 2.24) is 4.98 Å². The summed E-state index contributed by atoms with van der Waals surface area (Å²) in [7, 11) is 0. The van der Waals surface area contributed by atoms with Crippen molar-refractivity contribution >= 4 is 29.2 Å². The second kappa shape index (κ2) is 5.30. The van der Waals surface area contributed by atoms with Crippen LogP contribution < -0.4 is 0 Å². The summed E-state index contributed by atoms with van der Waals surface area (Å²) < 4.78 is 4.74. The Labute approximate surface area is 96.8 Å². The number of hydrogen-bond donors (Lipinski definition) is 1. The summed E-state index contributed by atoms with van der Waals surface area (Å²) in [6.45, 7) is 1.55. The third kappa shape index (κ3) is 2.81. The number of aromatic nitrogens is 1. The van der Waals surface area contributed by atoms with E-state index in [1.807, 2.05) is 0 Å². The number of carbonyl (C=O) groups excluding carboxylic acids is 1. The first-order valence-electron chi connectivity index (χ1n) is 4.23. The molecule has 0 aliphatic carbocycles. The van der Waals surface area contributed by atoms with E-state index in [9.17, 15) is 4.79 Å². The molecule has 0 amide bonds. The molecule has 0 spiro atoms. The Kier molecular flexibility index (Phi) is 4.32. The molecule has 0 fully saturated rings. The van der Waals surface area contributed by atoms with E-state index >= 15 is 0 Å². The summed E-state index contributed by atoms with van der Waals surface area (Å²) in [4.78, 5) is 15.1. The molecule has 1 aromatic rings. The molecule has 0 aliphatic heterocycles. The summed E-state index contributed by atoms with van der Waals surface area (Å²) >= 11 is 11.5. The number of rotatable bonds is 3. The van der Waals surface area contributed by atoms with E-state index in [1.165, 1.54) is 6.07 Å². The molecular formula is C9H9Cl2NO3. The minimum Gasteiger partial charge on any atom is -0.461 e. The lowest BCUT2D eigenvalue weighted by atomic mass is 10.3. The van der Waals surface area contributed by atoms with Gasteiger partial charge in [-0.3, -0.25) is 0 Å². The number of aliphatic hydroxyl groups is 1. The third-order valence-corrected chi connectivity index (χ3v) is 2.43. The van der Waals surface area contributed by atoms with E-state index in [2.05, 4.69) is 4.98 Å². The van der Waals surface area contributed by atoms with Gasteiger partial charge in [-0.1, -0.05) is 23.2 Å². The van der Waals surface area contributed by atoms with Crippen LogP contribution >= 0.6 is 23.2 Å². The van der Waals surface area contributed by atoms with Crippen molar-refractivity contribution < 1.29 is 14.6 Å². The fourth-order valence-corrected chi connectivity index (χ4v) is 1.33. The number of hydrogen-bond acceptors (Lipinski definition) is 4. The van der Waals surface area contributed by atoms with E-state index in [0.717, 1.165) is 0 Å². The predicted molar refractivity (Wildman–Crippen MR) is 56.1 cm³/mol. The van der Waals surface area contributed by atoms with Gasteiger partial charge in [-0.2, -0.15) is 0 Å². The molecule has 4 nitrogen and oxygen atoms in total. The van der Waals surface area contributed by atoms with Gasteiger partial charge in [0.15, 0.2) is 0 Å². The quantitative estimate of drug-likeness (QED) is 0.834. The summed E-state index contributed by atoms with van der Waals surface area (Å²) in [5.41, 5.74) is 0.197. The Morgan fingerprint density at radius 1 is 1.60 bits per heavy atom.